The van der Waals surface area contributed by atoms with Crippen LogP contribution in [0.1, 0.15) is 27.7 Å². The highest BCUT2D eigenvalue weighted by molar-refractivity contribution is 9.11. The fraction of sp³-hybridized carbons (Fsp3) is 0.429. The van der Waals surface area contributed by atoms with Gasteiger partial charge in [0.15, 0.2) is 0 Å². The zero-order chi connectivity index (χ0) is 15.3. The molecule has 0 saturated carbocycles. The predicted octanol–water partition coefficient (Wildman–Crippen LogP) is 4.79. The number of hydrogen-bond donors (Lipinski definition) is 3. The first-order valence-electron chi connectivity index (χ1n) is 5.86. The Morgan fingerprint density at radius 2 is 1.74 bits per heavy atom. The Labute approximate surface area is 126 Å². The van der Waals surface area contributed by atoms with E-state index in [1.54, 1.807) is 6.08 Å². The lowest BCUT2D eigenvalue weighted by atomic mass is 9.99. The van der Waals surface area contributed by atoms with E-state index in [2.05, 4.69) is 15.9 Å². The van der Waals surface area contributed by atoms with Crippen molar-refractivity contribution in [1.29, 1.82) is 0 Å². The molecule has 3 nitrogen and oxygen atoms in total. The first-order valence-corrected chi connectivity index (χ1v) is 8.61. The topological polar surface area (TPSA) is 66.5 Å². The maximum absolute atomic E-state index is 10.0. The Balaban J connectivity index is 5.73. The minimum absolute atomic E-state index is 0.733. The van der Waals surface area contributed by atoms with Gasteiger partial charge in [-0.25, -0.2) is 0 Å². The van der Waals surface area contributed by atoms with Crippen molar-refractivity contribution in [3.63, 3.8) is 0 Å². The van der Waals surface area contributed by atoms with Crippen molar-refractivity contribution in [2.24, 2.45) is 5.73 Å². The van der Waals surface area contributed by atoms with E-state index in [1.165, 1.54) is 12.5 Å². The van der Waals surface area contributed by atoms with Crippen LogP contribution in [0.4, 0.5) is 0 Å². The monoisotopic (exact) mass is 349 g/mol. The summed E-state index contributed by atoms with van der Waals surface area (Å²) in [6.07, 6.45) is 10.4. The SMILES string of the molecule is C\C(Br)=C/C(=C\C(C)=C\C=C/N)C(C)(C)S(C)(O)O. The van der Waals surface area contributed by atoms with Crippen LogP contribution in [0.2, 0.25) is 0 Å². The lowest BCUT2D eigenvalue weighted by molar-refractivity contribution is 0.465. The Bertz CT molecular complexity index is 425. The summed E-state index contributed by atoms with van der Waals surface area (Å²) in [5, 5.41) is 0. The lowest BCUT2D eigenvalue weighted by Crippen LogP contribution is -2.29. The molecule has 0 aliphatic carbocycles. The van der Waals surface area contributed by atoms with Gasteiger partial charge in [0.25, 0.3) is 0 Å². The van der Waals surface area contributed by atoms with Gasteiger partial charge in [-0.15, -0.1) is 0 Å². The molecule has 0 amide bonds. The van der Waals surface area contributed by atoms with Crippen LogP contribution >= 0.6 is 26.5 Å². The molecule has 0 spiro atoms. The maximum atomic E-state index is 10.0. The molecule has 0 aliphatic heterocycles. The highest BCUT2D eigenvalue weighted by atomic mass is 79.9. The number of hydrogen-bond acceptors (Lipinski definition) is 3. The number of halogens is 1. The Hall–Kier alpha value is -0.490. The summed E-state index contributed by atoms with van der Waals surface area (Å²) in [5.74, 6) is 0. The van der Waals surface area contributed by atoms with Crippen LogP contribution in [0.3, 0.4) is 0 Å². The van der Waals surface area contributed by atoms with Gasteiger partial charge in [0.05, 0.1) is 4.75 Å². The molecule has 0 aliphatic rings. The molecule has 0 rings (SSSR count). The van der Waals surface area contributed by atoms with Gasteiger partial charge in [0, 0.05) is 6.26 Å². The zero-order valence-electron chi connectivity index (χ0n) is 12.1. The molecule has 19 heavy (non-hydrogen) atoms. The van der Waals surface area contributed by atoms with E-state index in [0.717, 1.165) is 15.6 Å². The summed E-state index contributed by atoms with van der Waals surface area (Å²) in [6, 6.07) is 0. The molecule has 0 fully saturated rings. The highest BCUT2D eigenvalue weighted by Gasteiger charge is 2.33. The molecule has 4 N–H and O–H groups in total. The van der Waals surface area contributed by atoms with E-state index in [9.17, 15) is 9.11 Å². The molecular weight excluding hydrogens is 326 g/mol. The molecule has 0 atom stereocenters. The number of rotatable bonds is 5. The molecule has 0 bridgehead atoms. The van der Waals surface area contributed by atoms with Gasteiger partial charge in [-0.05, 0) is 56.1 Å². The third kappa shape index (κ3) is 5.99. The molecule has 0 aromatic carbocycles. The molecule has 0 radical (unpaired) electrons. The van der Waals surface area contributed by atoms with Crippen LogP contribution in [-0.2, 0) is 0 Å². The Morgan fingerprint density at radius 3 is 2.11 bits per heavy atom. The second-order valence-electron chi connectivity index (χ2n) is 4.97. The van der Waals surface area contributed by atoms with Crippen molar-refractivity contribution < 1.29 is 9.11 Å². The predicted molar refractivity (Wildman–Crippen MR) is 90.7 cm³/mol. The van der Waals surface area contributed by atoms with Gasteiger partial charge in [0.2, 0.25) is 0 Å². The summed E-state index contributed by atoms with van der Waals surface area (Å²) in [4.78, 5) is 0. The minimum atomic E-state index is -2.72. The fourth-order valence-corrected chi connectivity index (χ4v) is 2.14. The molecule has 0 unspecified atom stereocenters. The van der Waals surface area contributed by atoms with E-state index in [4.69, 9.17) is 5.73 Å². The quantitative estimate of drug-likeness (QED) is 0.625. The second-order valence-corrected chi connectivity index (χ2v) is 8.91. The van der Waals surface area contributed by atoms with Gasteiger partial charge in [-0.2, -0.15) is 10.6 Å². The van der Waals surface area contributed by atoms with Crippen LogP contribution in [0, 0.1) is 0 Å². The van der Waals surface area contributed by atoms with E-state index in [-0.39, 0.29) is 0 Å². The molecule has 110 valence electrons. The van der Waals surface area contributed by atoms with Crippen molar-refractivity contribution in [3.05, 3.63) is 46.1 Å². The number of nitrogens with two attached hydrogens (primary N) is 1. The summed E-state index contributed by atoms with van der Waals surface area (Å²) in [7, 11) is -2.72. The molecular formula is C14H24BrNO2S. The molecule has 5 heteroatoms. The summed E-state index contributed by atoms with van der Waals surface area (Å²) in [6.45, 7) is 7.50. The molecule has 0 saturated heterocycles. The fourth-order valence-electron chi connectivity index (χ4n) is 1.33. The summed E-state index contributed by atoms with van der Waals surface area (Å²) < 4.78 is 20.2. The van der Waals surface area contributed by atoms with Crippen molar-refractivity contribution in [3.8, 4) is 0 Å². The standard InChI is InChI=1S/C14H24BrNO2S/c1-11(7-6-8-16)9-13(10-12(2)15)14(3,4)19(5,17)18/h6-10,17-18H,16H2,1-5H3/b8-6-,11-7+,12-10+,13-9+. The van der Waals surface area contributed by atoms with Crippen molar-refractivity contribution in [2.45, 2.75) is 32.4 Å². The van der Waals surface area contributed by atoms with Crippen LogP contribution in [0.15, 0.2) is 46.1 Å². The largest absolute Gasteiger partial charge is 0.405 e. The van der Waals surface area contributed by atoms with Crippen LogP contribution in [0.5, 0.6) is 0 Å². The average Bonchev–Trinajstić information content (AvgIpc) is 2.23. The van der Waals surface area contributed by atoms with Crippen LogP contribution < -0.4 is 5.73 Å². The Kier molecular flexibility index (Phi) is 7.15. The second kappa shape index (κ2) is 7.33. The lowest BCUT2D eigenvalue weighted by Gasteiger charge is -2.44. The van der Waals surface area contributed by atoms with E-state index in [0.29, 0.717) is 0 Å². The molecule has 0 heterocycles. The van der Waals surface area contributed by atoms with E-state index < -0.39 is 15.3 Å². The average molecular weight is 350 g/mol. The van der Waals surface area contributed by atoms with Gasteiger partial charge in [-0.1, -0.05) is 33.7 Å². The summed E-state index contributed by atoms with van der Waals surface area (Å²) >= 11 is 3.39. The third-order valence-electron chi connectivity index (χ3n) is 2.87. The van der Waals surface area contributed by atoms with Gasteiger partial charge < -0.3 is 5.73 Å². The van der Waals surface area contributed by atoms with E-state index in [1.807, 2.05) is 45.9 Å². The first-order chi connectivity index (χ1) is 8.52. The third-order valence-corrected chi connectivity index (χ3v) is 5.27. The minimum Gasteiger partial charge on any atom is -0.405 e. The zero-order valence-corrected chi connectivity index (χ0v) is 14.5. The molecule has 0 aromatic rings. The summed E-state index contributed by atoms with van der Waals surface area (Å²) in [5.41, 5.74) is 7.14. The van der Waals surface area contributed by atoms with Crippen LogP contribution in [-0.4, -0.2) is 20.1 Å². The highest BCUT2D eigenvalue weighted by Crippen LogP contribution is 2.53. The van der Waals surface area contributed by atoms with Gasteiger partial charge in [-0.3, -0.25) is 9.11 Å². The van der Waals surface area contributed by atoms with E-state index >= 15 is 0 Å². The smallest absolute Gasteiger partial charge is 0.0783 e. The number of allylic oxidation sites excluding steroid dienone is 6. The van der Waals surface area contributed by atoms with Crippen molar-refractivity contribution >= 4 is 26.5 Å². The maximum Gasteiger partial charge on any atom is 0.0783 e. The molecule has 0 aromatic heterocycles. The van der Waals surface area contributed by atoms with Crippen molar-refractivity contribution in [1.82, 2.24) is 0 Å². The van der Waals surface area contributed by atoms with Crippen molar-refractivity contribution in [2.75, 3.05) is 6.26 Å². The Morgan fingerprint density at radius 1 is 1.21 bits per heavy atom. The first kappa shape index (κ1) is 18.5. The van der Waals surface area contributed by atoms with Gasteiger partial charge in [0.1, 0.15) is 0 Å². The normalized spacial score (nSPS) is 17.2. The van der Waals surface area contributed by atoms with Gasteiger partial charge >= 0.3 is 0 Å². The van der Waals surface area contributed by atoms with Crippen LogP contribution in [0.25, 0.3) is 0 Å².